The lowest BCUT2D eigenvalue weighted by molar-refractivity contribution is 0.0818. The van der Waals surface area contributed by atoms with E-state index in [4.69, 9.17) is 5.10 Å². The van der Waals surface area contributed by atoms with Crippen LogP contribution in [0.3, 0.4) is 0 Å². The molecular formula is C33H36N2O. The maximum Gasteiger partial charge on any atom is 0.251 e. The number of carbonyl (C=O) groups excluding carboxylic acids is 1. The Bertz CT molecular complexity index is 1270. The van der Waals surface area contributed by atoms with Crippen molar-refractivity contribution in [2.45, 2.75) is 58.3 Å². The number of hydrogen-bond donors (Lipinski definition) is 0. The van der Waals surface area contributed by atoms with Gasteiger partial charge in [0.15, 0.2) is 0 Å². The first-order chi connectivity index (χ1) is 17.5. The van der Waals surface area contributed by atoms with Crippen molar-refractivity contribution in [1.82, 2.24) is 9.78 Å². The largest absolute Gasteiger partial charge is 0.272 e. The smallest absolute Gasteiger partial charge is 0.251 e. The van der Waals surface area contributed by atoms with Crippen LogP contribution >= 0.6 is 0 Å². The van der Waals surface area contributed by atoms with E-state index in [1.54, 1.807) is 4.68 Å². The summed E-state index contributed by atoms with van der Waals surface area (Å²) < 4.78 is 1.76. The number of hydrogen-bond acceptors (Lipinski definition) is 2. The van der Waals surface area contributed by atoms with E-state index < -0.39 is 0 Å². The van der Waals surface area contributed by atoms with E-state index in [2.05, 4.69) is 100 Å². The lowest BCUT2D eigenvalue weighted by Gasteiger charge is -2.29. The molecule has 0 N–H and O–H groups in total. The van der Waals surface area contributed by atoms with Crippen molar-refractivity contribution < 1.29 is 4.79 Å². The zero-order valence-corrected chi connectivity index (χ0v) is 21.8. The number of benzene rings is 3. The van der Waals surface area contributed by atoms with E-state index in [9.17, 15) is 4.79 Å². The molecule has 0 radical (unpaired) electrons. The number of rotatable bonds is 6. The Hall–Kier alpha value is -3.46. The third-order valence-electron chi connectivity index (χ3n) is 7.97. The standard InChI is InChI=1S/C33H36N2O/c1-22(2)28-21-20-23(3)29-31(28)34-35(32(29)27-18-12-7-13-19-27)33(36)24(4)30(25-14-8-5-9-15-25)26-16-10-6-11-17-26/h5-19,22-24,28,30H,20-21H2,1-4H3/t23-,24-,28-/m1/s1. The zero-order chi connectivity index (χ0) is 25.2. The van der Waals surface area contributed by atoms with Crippen LogP contribution in [0.5, 0.6) is 0 Å². The van der Waals surface area contributed by atoms with E-state index in [0.717, 1.165) is 40.9 Å². The average molecular weight is 477 g/mol. The SMILES string of the molecule is CC(C)[C@H]1CC[C@@H](C)c2c1nn(C(=O)[C@H](C)C(c1ccccc1)c1ccccc1)c2-c1ccccc1. The molecule has 3 aromatic carbocycles. The Labute approximate surface area is 215 Å². The molecule has 184 valence electrons. The highest BCUT2D eigenvalue weighted by atomic mass is 16.2. The second kappa shape index (κ2) is 10.3. The summed E-state index contributed by atoms with van der Waals surface area (Å²) in [6.45, 7) is 8.90. The van der Waals surface area contributed by atoms with Gasteiger partial charge < -0.3 is 0 Å². The van der Waals surface area contributed by atoms with Crippen LogP contribution in [-0.2, 0) is 0 Å². The number of carbonyl (C=O) groups is 1. The maximum atomic E-state index is 14.4. The molecule has 5 rings (SSSR count). The molecule has 0 aliphatic heterocycles. The molecule has 1 aromatic heterocycles. The van der Waals surface area contributed by atoms with E-state index in [1.165, 1.54) is 5.56 Å². The topological polar surface area (TPSA) is 34.9 Å². The van der Waals surface area contributed by atoms with Crippen molar-refractivity contribution in [2.24, 2.45) is 11.8 Å². The second-order valence-corrected chi connectivity index (χ2v) is 10.7. The van der Waals surface area contributed by atoms with Gasteiger partial charge in [-0.25, -0.2) is 0 Å². The van der Waals surface area contributed by atoms with Gasteiger partial charge in [-0.2, -0.15) is 9.78 Å². The van der Waals surface area contributed by atoms with Gasteiger partial charge in [-0.1, -0.05) is 119 Å². The molecule has 3 atom stereocenters. The predicted octanol–water partition coefficient (Wildman–Crippen LogP) is 8.30. The van der Waals surface area contributed by atoms with Gasteiger partial charge >= 0.3 is 0 Å². The minimum Gasteiger partial charge on any atom is -0.272 e. The zero-order valence-electron chi connectivity index (χ0n) is 21.8. The van der Waals surface area contributed by atoms with Crippen LogP contribution in [0.15, 0.2) is 91.0 Å². The molecule has 0 saturated heterocycles. The van der Waals surface area contributed by atoms with Gasteiger partial charge in [0.2, 0.25) is 0 Å². The average Bonchev–Trinajstić information content (AvgIpc) is 3.31. The minimum absolute atomic E-state index is 0.0515. The molecule has 0 bridgehead atoms. The van der Waals surface area contributed by atoms with Crippen LogP contribution in [0.2, 0.25) is 0 Å². The van der Waals surface area contributed by atoms with Crippen LogP contribution in [0.1, 0.15) is 85.5 Å². The highest BCUT2D eigenvalue weighted by Crippen LogP contribution is 2.46. The molecule has 0 unspecified atom stereocenters. The molecule has 36 heavy (non-hydrogen) atoms. The first-order valence-corrected chi connectivity index (χ1v) is 13.3. The minimum atomic E-state index is -0.286. The number of fused-ring (bicyclic) bond motifs is 1. The Morgan fingerprint density at radius 2 is 1.33 bits per heavy atom. The van der Waals surface area contributed by atoms with Gasteiger partial charge in [0.25, 0.3) is 5.91 Å². The third-order valence-corrected chi connectivity index (χ3v) is 7.97. The normalized spacial score (nSPS) is 18.3. The van der Waals surface area contributed by atoms with E-state index >= 15 is 0 Å². The number of aromatic nitrogens is 2. The Morgan fingerprint density at radius 3 is 1.86 bits per heavy atom. The highest BCUT2D eigenvalue weighted by Gasteiger charge is 2.37. The highest BCUT2D eigenvalue weighted by molar-refractivity contribution is 5.87. The van der Waals surface area contributed by atoms with Gasteiger partial charge in [-0.05, 0) is 35.8 Å². The first kappa shape index (κ1) is 24.2. The summed E-state index contributed by atoms with van der Waals surface area (Å²) >= 11 is 0. The third kappa shape index (κ3) is 4.43. The van der Waals surface area contributed by atoms with Gasteiger partial charge in [-0.15, -0.1) is 0 Å². The summed E-state index contributed by atoms with van der Waals surface area (Å²) in [6, 6.07) is 31.2. The molecule has 1 heterocycles. The van der Waals surface area contributed by atoms with Crippen LogP contribution in [0, 0.1) is 11.8 Å². The molecule has 3 nitrogen and oxygen atoms in total. The maximum absolute atomic E-state index is 14.4. The van der Waals surface area contributed by atoms with Crippen molar-refractivity contribution in [3.8, 4) is 11.3 Å². The van der Waals surface area contributed by atoms with Crippen LogP contribution in [0.4, 0.5) is 0 Å². The van der Waals surface area contributed by atoms with Gasteiger partial charge in [0, 0.05) is 28.9 Å². The van der Waals surface area contributed by atoms with Crippen LogP contribution in [0.25, 0.3) is 11.3 Å². The molecule has 0 saturated carbocycles. The summed E-state index contributed by atoms with van der Waals surface area (Å²) in [4.78, 5) is 14.4. The van der Waals surface area contributed by atoms with Crippen molar-refractivity contribution in [1.29, 1.82) is 0 Å². The van der Waals surface area contributed by atoms with Crippen molar-refractivity contribution in [2.75, 3.05) is 0 Å². The molecule has 3 heteroatoms. The molecule has 0 amide bonds. The Morgan fingerprint density at radius 1 is 0.806 bits per heavy atom. The van der Waals surface area contributed by atoms with Crippen LogP contribution < -0.4 is 0 Å². The number of nitrogens with zero attached hydrogens (tertiary/aromatic N) is 2. The fourth-order valence-electron chi connectivity index (χ4n) is 6.03. The molecule has 1 aliphatic rings. The lowest BCUT2D eigenvalue weighted by atomic mass is 9.75. The first-order valence-electron chi connectivity index (χ1n) is 13.3. The lowest BCUT2D eigenvalue weighted by Crippen LogP contribution is -2.27. The summed E-state index contributed by atoms with van der Waals surface area (Å²) in [5.74, 6) is 0.950. The Balaban J connectivity index is 1.67. The van der Waals surface area contributed by atoms with Crippen molar-refractivity contribution >= 4 is 5.91 Å². The quantitative estimate of drug-likeness (QED) is 0.280. The summed E-state index contributed by atoms with van der Waals surface area (Å²) in [5, 5.41) is 5.14. The van der Waals surface area contributed by atoms with Gasteiger partial charge in [0.05, 0.1) is 11.4 Å². The predicted molar refractivity (Wildman–Crippen MR) is 147 cm³/mol. The molecule has 4 aromatic rings. The van der Waals surface area contributed by atoms with E-state index in [1.807, 2.05) is 18.2 Å². The Kier molecular flexibility index (Phi) is 6.91. The summed E-state index contributed by atoms with van der Waals surface area (Å²) in [7, 11) is 0. The van der Waals surface area contributed by atoms with Crippen LogP contribution in [-0.4, -0.2) is 15.7 Å². The van der Waals surface area contributed by atoms with Crippen molar-refractivity contribution in [3.63, 3.8) is 0 Å². The molecule has 0 spiro atoms. The fraction of sp³-hybridized carbons (Fsp3) is 0.333. The molecule has 0 fully saturated rings. The van der Waals surface area contributed by atoms with Gasteiger partial charge in [-0.3, -0.25) is 4.79 Å². The van der Waals surface area contributed by atoms with Crippen molar-refractivity contribution in [3.05, 3.63) is 113 Å². The van der Waals surface area contributed by atoms with E-state index in [0.29, 0.717) is 17.8 Å². The molecule has 1 aliphatic carbocycles. The monoisotopic (exact) mass is 476 g/mol. The summed E-state index contributed by atoms with van der Waals surface area (Å²) in [6.07, 6.45) is 2.25. The van der Waals surface area contributed by atoms with Gasteiger partial charge in [0.1, 0.15) is 0 Å². The van der Waals surface area contributed by atoms with E-state index in [-0.39, 0.29) is 17.7 Å². The molecular weight excluding hydrogens is 440 g/mol. The fourth-order valence-corrected chi connectivity index (χ4v) is 6.03. The summed E-state index contributed by atoms with van der Waals surface area (Å²) in [5.41, 5.74) is 6.74. The second-order valence-electron chi connectivity index (χ2n) is 10.7.